The first-order valence-electron chi connectivity index (χ1n) is 5.53. The third-order valence-corrected chi connectivity index (χ3v) is 2.24. The quantitative estimate of drug-likeness (QED) is 0.835. The molecule has 0 unspecified atom stereocenters. The second-order valence-corrected chi connectivity index (χ2v) is 4.28. The van der Waals surface area contributed by atoms with Crippen molar-refractivity contribution in [3.05, 3.63) is 23.8 Å². The van der Waals surface area contributed by atoms with E-state index in [-0.39, 0.29) is 0 Å². The summed E-state index contributed by atoms with van der Waals surface area (Å²) in [6.45, 7) is 6.53. The zero-order valence-electron chi connectivity index (χ0n) is 10.4. The Morgan fingerprint density at radius 1 is 1.25 bits per heavy atom. The third kappa shape index (κ3) is 3.42. The first kappa shape index (κ1) is 12.8. The molecule has 0 aliphatic rings. The highest BCUT2D eigenvalue weighted by atomic mass is 16.5. The van der Waals surface area contributed by atoms with E-state index in [0.717, 1.165) is 11.3 Å². The molecule has 0 saturated carbocycles. The molecule has 1 rings (SSSR count). The molecule has 0 aliphatic heterocycles. The fourth-order valence-corrected chi connectivity index (χ4v) is 1.37. The molecular formula is C13H20O3. The van der Waals surface area contributed by atoms with Gasteiger partial charge in [-0.1, -0.05) is 13.8 Å². The molecule has 1 aromatic carbocycles. The number of methoxy groups -OCH3 is 1. The first-order chi connectivity index (χ1) is 7.54. The number of rotatable bonds is 5. The fraction of sp³-hybridized carbons (Fsp3) is 0.538. The number of aliphatic hydroxyl groups excluding tert-OH is 1. The summed E-state index contributed by atoms with van der Waals surface area (Å²) < 4.78 is 10.8. The molecule has 0 fully saturated rings. The summed E-state index contributed by atoms with van der Waals surface area (Å²) in [6.07, 6.45) is -0.534. The number of aliphatic hydroxyl groups is 1. The lowest BCUT2D eigenvalue weighted by Crippen LogP contribution is -2.07. The van der Waals surface area contributed by atoms with Gasteiger partial charge in [-0.2, -0.15) is 0 Å². The Balaban J connectivity index is 2.91. The molecule has 1 aromatic rings. The largest absolute Gasteiger partial charge is 0.497 e. The minimum absolute atomic E-state index is 0.452. The Kier molecular flexibility index (Phi) is 4.62. The highest BCUT2D eigenvalue weighted by Crippen LogP contribution is 2.29. The van der Waals surface area contributed by atoms with Gasteiger partial charge in [0.2, 0.25) is 0 Å². The van der Waals surface area contributed by atoms with E-state index in [0.29, 0.717) is 18.3 Å². The SMILES string of the molecule is COc1ccc([C@H](C)O)c(OCC(C)C)c1. The van der Waals surface area contributed by atoms with Crippen LogP contribution in [0.2, 0.25) is 0 Å². The van der Waals surface area contributed by atoms with Crippen LogP contribution in [0.5, 0.6) is 11.5 Å². The molecule has 16 heavy (non-hydrogen) atoms. The van der Waals surface area contributed by atoms with Gasteiger partial charge in [0.15, 0.2) is 0 Å². The van der Waals surface area contributed by atoms with Gasteiger partial charge < -0.3 is 14.6 Å². The predicted octanol–water partition coefficient (Wildman–Crippen LogP) is 2.78. The second-order valence-electron chi connectivity index (χ2n) is 4.28. The van der Waals surface area contributed by atoms with E-state index >= 15 is 0 Å². The molecule has 0 amide bonds. The predicted molar refractivity (Wildman–Crippen MR) is 64.0 cm³/mol. The number of hydrogen-bond acceptors (Lipinski definition) is 3. The lowest BCUT2D eigenvalue weighted by Gasteiger charge is -2.15. The molecule has 1 atom stereocenters. The molecule has 0 aromatic heterocycles. The molecule has 0 radical (unpaired) electrons. The Hall–Kier alpha value is -1.22. The Morgan fingerprint density at radius 2 is 1.94 bits per heavy atom. The van der Waals surface area contributed by atoms with Gasteiger partial charge in [-0.05, 0) is 25.0 Å². The molecule has 1 N–H and O–H groups in total. The highest BCUT2D eigenvalue weighted by Gasteiger charge is 2.11. The van der Waals surface area contributed by atoms with Crippen molar-refractivity contribution in [1.82, 2.24) is 0 Å². The van der Waals surface area contributed by atoms with Crippen molar-refractivity contribution in [1.29, 1.82) is 0 Å². The van der Waals surface area contributed by atoms with E-state index in [4.69, 9.17) is 9.47 Å². The number of hydrogen-bond donors (Lipinski definition) is 1. The summed E-state index contributed by atoms with van der Waals surface area (Å²) in [5, 5.41) is 9.61. The maximum Gasteiger partial charge on any atom is 0.128 e. The molecule has 0 heterocycles. The molecule has 0 bridgehead atoms. The lowest BCUT2D eigenvalue weighted by molar-refractivity contribution is 0.187. The molecule has 3 heteroatoms. The molecule has 3 nitrogen and oxygen atoms in total. The monoisotopic (exact) mass is 224 g/mol. The minimum atomic E-state index is -0.534. The highest BCUT2D eigenvalue weighted by molar-refractivity contribution is 5.41. The van der Waals surface area contributed by atoms with E-state index in [2.05, 4.69) is 13.8 Å². The first-order valence-corrected chi connectivity index (χ1v) is 5.53. The summed E-state index contributed by atoms with van der Waals surface area (Å²) in [5.41, 5.74) is 0.793. The van der Waals surface area contributed by atoms with Crippen molar-refractivity contribution >= 4 is 0 Å². The maximum absolute atomic E-state index is 9.61. The summed E-state index contributed by atoms with van der Waals surface area (Å²) in [5.74, 6) is 1.89. The smallest absolute Gasteiger partial charge is 0.128 e. The number of benzene rings is 1. The van der Waals surface area contributed by atoms with E-state index in [1.807, 2.05) is 18.2 Å². The van der Waals surface area contributed by atoms with Crippen LogP contribution in [-0.4, -0.2) is 18.8 Å². The van der Waals surface area contributed by atoms with Crippen LogP contribution < -0.4 is 9.47 Å². The van der Waals surface area contributed by atoms with Crippen molar-refractivity contribution in [3.63, 3.8) is 0 Å². The van der Waals surface area contributed by atoms with Crippen LogP contribution >= 0.6 is 0 Å². The van der Waals surface area contributed by atoms with Crippen LogP contribution in [0.15, 0.2) is 18.2 Å². The molecule has 0 spiro atoms. The molecular weight excluding hydrogens is 204 g/mol. The normalized spacial score (nSPS) is 12.6. The van der Waals surface area contributed by atoms with Crippen LogP contribution in [0.4, 0.5) is 0 Å². The van der Waals surface area contributed by atoms with Crippen LogP contribution in [0.3, 0.4) is 0 Å². The zero-order chi connectivity index (χ0) is 12.1. The van der Waals surface area contributed by atoms with E-state index in [9.17, 15) is 5.11 Å². The van der Waals surface area contributed by atoms with Crippen LogP contribution in [-0.2, 0) is 0 Å². The summed E-state index contributed by atoms with van der Waals surface area (Å²) in [6, 6.07) is 5.47. The fourth-order valence-electron chi connectivity index (χ4n) is 1.37. The maximum atomic E-state index is 9.61. The van der Waals surface area contributed by atoms with Crippen LogP contribution in [0.25, 0.3) is 0 Å². The van der Waals surface area contributed by atoms with E-state index in [1.165, 1.54) is 0 Å². The minimum Gasteiger partial charge on any atom is -0.497 e. The lowest BCUT2D eigenvalue weighted by atomic mass is 10.1. The van der Waals surface area contributed by atoms with Gasteiger partial charge in [0, 0.05) is 11.6 Å². The average Bonchev–Trinajstić information content (AvgIpc) is 2.25. The van der Waals surface area contributed by atoms with E-state index < -0.39 is 6.10 Å². The second kappa shape index (κ2) is 5.75. The van der Waals surface area contributed by atoms with Gasteiger partial charge in [-0.3, -0.25) is 0 Å². The van der Waals surface area contributed by atoms with Crippen molar-refractivity contribution in [3.8, 4) is 11.5 Å². The van der Waals surface area contributed by atoms with Crippen LogP contribution in [0.1, 0.15) is 32.4 Å². The van der Waals surface area contributed by atoms with Crippen molar-refractivity contribution in [2.45, 2.75) is 26.9 Å². The third-order valence-electron chi connectivity index (χ3n) is 2.24. The summed E-state index contributed by atoms with van der Waals surface area (Å²) in [7, 11) is 1.61. The summed E-state index contributed by atoms with van der Waals surface area (Å²) >= 11 is 0. The average molecular weight is 224 g/mol. The van der Waals surface area contributed by atoms with Gasteiger partial charge >= 0.3 is 0 Å². The van der Waals surface area contributed by atoms with Gasteiger partial charge in [0.05, 0.1) is 19.8 Å². The van der Waals surface area contributed by atoms with Crippen molar-refractivity contribution in [2.24, 2.45) is 5.92 Å². The van der Waals surface area contributed by atoms with Gasteiger partial charge in [0.1, 0.15) is 11.5 Å². The van der Waals surface area contributed by atoms with Gasteiger partial charge in [-0.25, -0.2) is 0 Å². The Bertz CT molecular complexity index is 332. The van der Waals surface area contributed by atoms with Crippen molar-refractivity contribution in [2.75, 3.05) is 13.7 Å². The van der Waals surface area contributed by atoms with E-state index in [1.54, 1.807) is 14.0 Å². The summed E-state index contributed by atoms with van der Waals surface area (Å²) in [4.78, 5) is 0. The van der Waals surface area contributed by atoms with Gasteiger partial charge in [0.25, 0.3) is 0 Å². The molecule has 0 aliphatic carbocycles. The zero-order valence-corrected chi connectivity index (χ0v) is 10.4. The van der Waals surface area contributed by atoms with Crippen molar-refractivity contribution < 1.29 is 14.6 Å². The standard InChI is InChI=1S/C13H20O3/c1-9(2)8-16-13-7-11(15-4)5-6-12(13)10(3)14/h5-7,9-10,14H,8H2,1-4H3/t10-/m0/s1. The van der Waals surface area contributed by atoms with Crippen LogP contribution in [0, 0.1) is 5.92 Å². The Morgan fingerprint density at radius 3 is 2.44 bits per heavy atom. The molecule has 90 valence electrons. The topological polar surface area (TPSA) is 38.7 Å². The Labute approximate surface area is 97.0 Å². The molecule has 0 saturated heterocycles. The number of ether oxygens (including phenoxy) is 2. The van der Waals surface area contributed by atoms with Gasteiger partial charge in [-0.15, -0.1) is 0 Å².